The van der Waals surface area contributed by atoms with Gasteiger partial charge in [0.1, 0.15) is 5.69 Å². The van der Waals surface area contributed by atoms with Crippen molar-refractivity contribution in [2.75, 3.05) is 5.43 Å². The zero-order valence-electron chi connectivity index (χ0n) is 16.8. The Hall–Kier alpha value is -4.38. The first-order valence-electron chi connectivity index (χ1n) is 9.55. The van der Waals surface area contributed by atoms with Gasteiger partial charge in [-0.1, -0.05) is 28.1 Å². The van der Waals surface area contributed by atoms with Gasteiger partial charge in [-0.25, -0.2) is 4.68 Å². The molecule has 0 amide bonds. The fourth-order valence-corrected chi connectivity index (χ4v) is 3.27. The lowest BCUT2D eigenvalue weighted by atomic mass is 10.1. The third kappa shape index (κ3) is 5.10. The topological polar surface area (TPSA) is 128 Å². The van der Waals surface area contributed by atoms with Gasteiger partial charge in [-0.15, -0.1) is 0 Å². The predicted octanol–water partition coefficient (Wildman–Crippen LogP) is 5.56. The maximum Gasteiger partial charge on any atom is 0.269 e. The second-order valence-electron chi connectivity index (χ2n) is 6.83. The van der Waals surface area contributed by atoms with Gasteiger partial charge in [-0.3, -0.25) is 25.7 Å². The Bertz CT molecular complexity index is 1330. The molecule has 0 aliphatic heterocycles. The average molecular weight is 507 g/mol. The van der Waals surface area contributed by atoms with E-state index in [0.717, 1.165) is 10.0 Å². The Morgan fingerprint density at radius 3 is 2.03 bits per heavy atom. The van der Waals surface area contributed by atoms with Crippen LogP contribution in [-0.2, 0) is 0 Å². The molecule has 1 N–H and O–H groups in total. The summed E-state index contributed by atoms with van der Waals surface area (Å²) in [6.45, 7) is 0. The van der Waals surface area contributed by atoms with E-state index >= 15 is 0 Å². The van der Waals surface area contributed by atoms with Crippen LogP contribution >= 0.6 is 15.9 Å². The molecule has 4 rings (SSSR count). The monoisotopic (exact) mass is 506 g/mol. The van der Waals surface area contributed by atoms with Gasteiger partial charge in [-0.2, -0.15) is 10.2 Å². The molecule has 4 aromatic rings. The number of nitro groups is 2. The van der Waals surface area contributed by atoms with Crippen molar-refractivity contribution < 1.29 is 9.85 Å². The van der Waals surface area contributed by atoms with Crippen molar-refractivity contribution in [3.63, 3.8) is 0 Å². The van der Waals surface area contributed by atoms with Gasteiger partial charge in [0.25, 0.3) is 11.4 Å². The van der Waals surface area contributed by atoms with Crippen molar-refractivity contribution in [1.82, 2.24) is 9.78 Å². The van der Waals surface area contributed by atoms with Crippen molar-refractivity contribution in [2.45, 2.75) is 0 Å². The quantitative estimate of drug-likeness (QED) is 0.198. The number of non-ortho nitro benzene ring substituents is 2. The molecule has 10 nitrogen and oxygen atoms in total. The number of rotatable bonds is 7. The van der Waals surface area contributed by atoms with Gasteiger partial charge in [0.2, 0.25) is 0 Å². The fourth-order valence-electron chi connectivity index (χ4n) is 3.01. The van der Waals surface area contributed by atoms with Crippen LogP contribution < -0.4 is 5.43 Å². The highest BCUT2D eigenvalue weighted by Crippen LogP contribution is 2.25. The van der Waals surface area contributed by atoms with Crippen LogP contribution in [0.4, 0.5) is 17.1 Å². The molecule has 0 atom stereocenters. The minimum Gasteiger partial charge on any atom is -0.278 e. The van der Waals surface area contributed by atoms with E-state index in [1.54, 1.807) is 41.4 Å². The standard InChI is InChI=1S/C22H15BrN6O4/c23-17-3-1-15(2-4-17)22-16(13-24-25-18-5-7-20(8-6-18)28(30)31)14-27(26-22)19-9-11-21(12-10-19)29(32)33/h1-14,25H/b24-13-. The Kier molecular flexibility index (Phi) is 6.22. The van der Waals surface area contributed by atoms with E-state index in [-0.39, 0.29) is 11.4 Å². The number of nitro benzene ring substituents is 2. The van der Waals surface area contributed by atoms with E-state index in [9.17, 15) is 20.2 Å². The Morgan fingerprint density at radius 1 is 0.879 bits per heavy atom. The average Bonchev–Trinajstić information content (AvgIpc) is 3.24. The maximum atomic E-state index is 10.9. The smallest absolute Gasteiger partial charge is 0.269 e. The molecule has 1 aromatic heterocycles. The Balaban J connectivity index is 1.64. The second kappa shape index (κ2) is 9.40. The third-order valence-corrected chi connectivity index (χ3v) is 5.19. The summed E-state index contributed by atoms with van der Waals surface area (Å²) >= 11 is 3.42. The van der Waals surface area contributed by atoms with E-state index < -0.39 is 9.85 Å². The summed E-state index contributed by atoms with van der Waals surface area (Å²) in [6, 6.07) is 19.6. The van der Waals surface area contributed by atoms with Gasteiger partial charge in [0.15, 0.2) is 0 Å². The van der Waals surface area contributed by atoms with Crippen LogP contribution in [0.3, 0.4) is 0 Å². The van der Waals surface area contributed by atoms with Crippen LogP contribution in [-0.4, -0.2) is 25.8 Å². The molecule has 0 saturated carbocycles. The summed E-state index contributed by atoms with van der Waals surface area (Å²) in [5, 5.41) is 30.6. The summed E-state index contributed by atoms with van der Waals surface area (Å²) < 4.78 is 2.55. The number of benzene rings is 3. The maximum absolute atomic E-state index is 10.9. The number of hydrogen-bond acceptors (Lipinski definition) is 7. The minimum absolute atomic E-state index is 0.00637. The Morgan fingerprint density at radius 2 is 1.45 bits per heavy atom. The zero-order chi connectivity index (χ0) is 23.4. The fraction of sp³-hybridized carbons (Fsp3) is 0. The van der Waals surface area contributed by atoms with Crippen LogP contribution in [0.15, 0.2) is 88.6 Å². The van der Waals surface area contributed by atoms with Crippen LogP contribution in [0, 0.1) is 20.2 Å². The van der Waals surface area contributed by atoms with Crippen molar-refractivity contribution in [2.24, 2.45) is 5.10 Å². The number of nitrogens with zero attached hydrogens (tertiary/aromatic N) is 5. The van der Waals surface area contributed by atoms with Crippen LogP contribution in [0.5, 0.6) is 0 Å². The molecule has 0 saturated heterocycles. The van der Waals surface area contributed by atoms with E-state index in [0.29, 0.717) is 22.6 Å². The first kappa shape index (κ1) is 21.8. The molecule has 1 heterocycles. The van der Waals surface area contributed by atoms with Gasteiger partial charge < -0.3 is 0 Å². The summed E-state index contributed by atoms with van der Waals surface area (Å²) in [5.74, 6) is 0. The predicted molar refractivity (Wildman–Crippen MR) is 128 cm³/mol. The molecule has 33 heavy (non-hydrogen) atoms. The molecule has 0 bridgehead atoms. The van der Waals surface area contributed by atoms with Crippen molar-refractivity contribution >= 4 is 39.2 Å². The largest absolute Gasteiger partial charge is 0.278 e. The van der Waals surface area contributed by atoms with Crippen LogP contribution in [0.25, 0.3) is 16.9 Å². The first-order chi connectivity index (χ1) is 15.9. The lowest BCUT2D eigenvalue weighted by molar-refractivity contribution is -0.385. The van der Waals surface area contributed by atoms with Gasteiger partial charge >= 0.3 is 0 Å². The molecule has 0 aliphatic rings. The summed E-state index contributed by atoms with van der Waals surface area (Å²) in [6.07, 6.45) is 3.35. The van der Waals surface area contributed by atoms with E-state index in [2.05, 4.69) is 31.6 Å². The second-order valence-corrected chi connectivity index (χ2v) is 7.75. The molecular formula is C22H15BrN6O4. The van der Waals surface area contributed by atoms with Gasteiger partial charge in [0, 0.05) is 46.1 Å². The lowest BCUT2D eigenvalue weighted by Gasteiger charge is -2.01. The number of aromatic nitrogens is 2. The van der Waals surface area contributed by atoms with Gasteiger partial charge in [0.05, 0.1) is 27.4 Å². The van der Waals surface area contributed by atoms with Crippen molar-refractivity contribution in [3.8, 4) is 16.9 Å². The lowest BCUT2D eigenvalue weighted by Crippen LogP contribution is -1.95. The molecule has 3 aromatic carbocycles. The highest BCUT2D eigenvalue weighted by atomic mass is 79.9. The molecule has 0 aliphatic carbocycles. The van der Waals surface area contributed by atoms with E-state index in [1.165, 1.54) is 24.3 Å². The minimum atomic E-state index is -0.468. The summed E-state index contributed by atoms with van der Waals surface area (Å²) in [5.41, 5.74) is 6.29. The molecule has 0 spiro atoms. The highest BCUT2D eigenvalue weighted by Gasteiger charge is 2.13. The van der Waals surface area contributed by atoms with Crippen molar-refractivity contribution in [3.05, 3.63) is 109 Å². The molecule has 0 unspecified atom stereocenters. The van der Waals surface area contributed by atoms with E-state index in [1.807, 2.05) is 24.3 Å². The highest BCUT2D eigenvalue weighted by molar-refractivity contribution is 9.10. The SMILES string of the molecule is O=[N+]([O-])c1ccc(N/N=C\c2cn(-c3ccc([N+](=O)[O-])cc3)nc2-c2ccc(Br)cc2)cc1. The third-order valence-electron chi connectivity index (χ3n) is 4.66. The number of hydrazone groups is 1. The number of halogens is 1. The number of nitrogens with one attached hydrogen (secondary N) is 1. The molecular weight excluding hydrogens is 492 g/mol. The first-order valence-corrected chi connectivity index (χ1v) is 10.3. The zero-order valence-corrected chi connectivity index (χ0v) is 18.4. The molecule has 0 fully saturated rings. The Labute approximate surface area is 195 Å². The normalized spacial score (nSPS) is 10.9. The van der Waals surface area contributed by atoms with Crippen LogP contribution in [0.2, 0.25) is 0 Å². The molecule has 11 heteroatoms. The van der Waals surface area contributed by atoms with Gasteiger partial charge in [-0.05, 0) is 36.4 Å². The summed E-state index contributed by atoms with van der Waals surface area (Å²) in [4.78, 5) is 20.8. The van der Waals surface area contributed by atoms with Crippen molar-refractivity contribution in [1.29, 1.82) is 0 Å². The summed E-state index contributed by atoms with van der Waals surface area (Å²) in [7, 11) is 0. The number of hydrogen-bond donors (Lipinski definition) is 1. The number of anilines is 1. The van der Waals surface area contributed by atoms with E-state index in [4.69, 9.17) is 0 Å². The van der Waals surface area contributed by atoms with Crippen LogP contribution in [0.1, 0.15) is 5.56 Å². The molecule has 164 valence electrons. The molecule has 0 radical (unpaired) electrons.